The van der Waals surface area contributed by atoms with E-state index in [1.165, 1.54) is 24.4 Å². The number of rotatable bonds is 9. The first kappa shape index (κ1) is 28.9. The fourth-order valence-corrected chi connectivity index (χ4v) is 4.67. The number of benzene rings is 2. The van der Waals surface area contributed by atoms with E-state index in [1.807, 2.05) is 42.3 Å². The first-order valence-corrected chi connectivity index (χ1v) is 13.0. The second-order valence-electron chi connectivity index (χ2n) is 9.92. The first-order chi connectivity index (χ1) is 19.0. The van der Waals surface area contributed by atoms with E-state index >= 15 is 0 Å². The molecule has 1 aliphatic heterocycles. The molecule has 1 unspecified atom stereocenters. The summed E-state index contributed by atoms with van der Waals surface area (Å²) < 4.78 is 54.2. The number of pyridine rings is 1. The Kier molecular flexibility index (Phi) is 8.99. The average molecular weight is 555 g/mol. The number of hydrogen-bond donors (Lipinski definition) is 2. The number of nitrogens with one attached hydrogen (secondary N) is 2. The molecule has 1 aromatic heterocycles. The number of aromatic nitrogens is 1. The van der Waals surface area contributed by atoms with Crippen molar-refractivity contribution in [3.8, 4) is 5.88 Å². The Morgan fingerprint density at radius 1 is 1.10 bits per heavy atom. The number of alkyl carbamates (subject to hydrolysis) is 1. The fraction of sp³-hybridized carbons (Fsp3) is 0.333. The van der Waals surface area contributed by atoms with Crippen molar-refractivity contribution >= 4 is 11.8 Å². The van der Waals surface area contributed by atoms with Gasteiger partial charge in [0, 0.05) is 31.5 Å². The maximum absolute atomic E-state index is 14.2. The van der Waals surface area contributed by atoms with E-state index in [0.717, 1.165) is 11.6 Å². The van der Waals surface area contributed by atoms with Gasteiger partial charge in [0.2, 0.25) is 5.88 Å². The molecule has 0 bridgehead atoms. The monoisotopic (exact) mass is 554 g/mol. The predicted octanol–water partition coefficient (Wildman–Crippen LogP) is 6.53. The molecule has 2 aromatic carbocycles. The number of allylic oxidation sites excluding steroid dienone is 2. The zero-order valence-corrected chi connectivity index (χ0v) is 22.9. The van der Waals surface area contributed by atoms with Gasteiger partial charge in [-0.25, -0.2) is 9.78 Å². The summed E-state index contributed by atoms with van der Waals surface area (Å²) in [6.45, 7) is 6.79. The van der Waals surface area contributed by atoms with E-state index in [0.29, 0.717) is 30.0 Å². The number of likely N-dealkylation sites (N-methyl/N-ethyl adjacent to an activating group) is 1. The zero-order valence-electron chi connectivity index (χ0n) is 22.9. The van der Waals surface area contributed by atoms with E-state index in [-0.39, 0.29) is 29.9 Å². The number of ether oxygens (including phenoxy) is 2. The molecule has 212 valence electrons. The van der Waals surface area contributed by atoms with E-state index in [1.54, 1.807) is 26.8 Å². The highest BCUT2D eigenvalue weighted by atomic mass is 19.4. The predicted molar refractivity (Wildman–Crippen MR) is 147 cm³/mol. The van der Waals surface area contributed by atoms with Gasteiger partial charge in [0.1, 0.15) is 5.76 Å². The Labute approximate surface area is 232 Å². The van der Waals surface area contributed by atoms with E-state index < -0.39 is 23.8 Å². The SMILES string of the molecule is CC1=C(OC(=O)NCCN(C)Cc2ccccc2)C(c2ccccc2C(F)(F)F)c2c(ccnc2OC(C)C)N1. The van der Waals surface area contributed by atoms with Crippen LogP contribution >= 0.6 is 0 Å². The number of halogens is 3. The molecule has 0 saturated carbocycles. The molecule has 0 fully saturated rings. The van der Waals surface area contributed by atoms with Crippen molar-refractivity contribution in [3.63, 3.8) is 0 Å². The van der Waals surface area contributed by atoms with Crippen molar-refractivity contribution in [1.29, 1.82) is 0 Å². The topological polar surface area (TPSA) is 75.7 Å². The van der Waals surface area contributed by atoms with Gasteiger partial charge in [-0.3, -0.25) is 0 Å². The number of fused-ring (bicyclic) bond motifs is 1. The van der Waals surface area contributed by atoms with Gasteiger partial charge in [-0.05, 0) is 51.1 Å². The van der Waals surface area contributed by atoms with Crippen LogP contribution in [0.5, 0.6) is 5.88 Å². The van der Waals surface area contributed by atoms with Gasteiger partial charge >= 0.3 is 12.3 Å². The minimum Gasteiger partial charge on any atom is -0.475 e. The fourth-order valence-electron chi connectivity index (χ4n) is 4.67. The van der Waals surface area contributed by atoms with E-state index in [9.17, 15) is 18.0 Å². The van der Waals surface area contributed by atoms with Gasteiger partial charge in [-0.15, -0.1) is 0 Å². The van der Waals surface area contributed by atoms with Crippen LogP contribution in [-0.4, -0.2) is 42.2 Å². The molecule has 7 nitrogen and oxygen atoms in total. The van der Waals surface area contributed by atoms with Gasteiger partial charge < -0.3 is 25.0 Å². The number of carbonyl (C=O) groups is 1. The Balaban J connectivity index is 1.61. The molecule has 4 rings (SSSR count). The molecule has 2 heterocycles. The number of anilines is 1. The van der Waals surface area contributed by atoms with Crippen LogP contribution in [0.2, 0.25) is 0 Å². The van der Waals surface area contributed by atoms with Crippen LogP contribution in [0, 0.1) is 0 Å². The van der Waals surface area contributed by atoms with Crippen molar-refractivity contribution in [2.75, 3.05) is 25.5 Å². The van der Waals surface area contributed by atoms with Crippen molar-refractivity contribution in [2.45, 2.75) is 45.5 Å². The molecule has 1 amide bonds. The molecule has 40 heavy (non-hydrogen) atoms. The number of nitrogens with zero attached hydrogens (tertiary/aromatic N) is 2. The molecule has 3 aromatic rings. The van der Waals surface area contributed by atoms with Gasteiger partial charge in [-0.2, -0.15) is 13.2 Å². The van der Waals surface area contributed by atoms with Gasteiger partial charge in [0.15, 0.2) is 0 Å². The van der Waals surface area contributed by atoms with Crippen LogP contribution in [0.15, 0.2) is 78.3 Å². The van der Waals surface area contributed by atoms with Crippen LogP contribution in [0.1, 0.15) is 48.9 Å². The van der Waals surface area contributed by atoms with E-state index in [4.69, 9.17) is 9.47 Å². The van der Waals surface area contributed by atoms with Gasteiger partial charge in [0.25, 0.3) is 0 Å². The number of alkyl halides is 3. The first-order valence-electron chi connectivity index (χ1n) is 13.0. The van der Waals surface area contributed by atoms with Crippen LogP contribution < -0.4 is 15.4 Å². The molecule has 2 N–H and O–H groups in total. The molecule has 0 spiro atoms. The summed E-state index contributed by atoms with van der Waals surface area (Å²) in [5.74, 6) is -0.887. The molecular formula is C30H33F3N4O3. The van der Waals surface area contributed by atoms with Crippen LogP contribution in [0.3, 0.4) is 0 Å². The Morgan fingerprint density at radius 2 is 1.80 bits per heavy atom. The van der Waals surface area contributed by atoms with Crippen molar-refractivity contribution in [3.05, 3.63) is 101 Å². The van der Waals surface area contributed by atoms with Crippen molar-refractivity contribution in [2.24, 2.45) is 0 Å². The standard InChI is InChI=1S/C30H33F3N4O3/c1-19(2)39-28-26-24(14-15-34-28)36-20(3)27(25(26)22-12-8-9-13-23(22)30(31,32)33)40-29(38)35-16-17-37(4)18-21-10-6-5-7-11-21/h5-15,19,25,36H,16-18H2,1-4H3,(H,35,38). The summed E-state index contributed by atoms with van der Waals surface area (Å²) in [7, 11) is 1.93. The normalized spacial score (nSPS) is 15.1. The molecule has 0 aliphatic carbocycles. The Morgan fingerprint density at radius 3 is 2.50 bits per heavy atom. The number of amides is 1. The third-order valence-electron chi connectivity index (χ3n) is 6.38. The van der Waals surface area contributed by atoms with E-state index in [2.05, 4.69) is 15.6 Å². The highest BCUT2D eigenvalue weighted by Crippen LogP contribution is 2.48. The van der Waals surface area contributed by atoms with Crippen LogP contribution in [0.25, 0.3) is 0 Å². The molecule has 1 atom stereocenters. The highest BCUT2D eigenvalue weighted by Gasteiger charge is 2.41. The van der Waals surface area contributed by atoms with Crippen molar-refractivity contribution in [1.82, 2.24) is 15.2 Å². The quantitative estimate of drug-likeness (QED) is 0.313. The lowest BCUT2D eigenvalue weighted by atomic mass is 9.83. The Bertz CT molecular complexity index is 1360. The lowest BCUT2D eigenvalue weighted by Crippen LogP contribution is -2.34. The molecular weight excluding hydrogens is 521 g/mol. The molecule has 0 saturated heterocycles. The second-order valence-corrected chi connectivity index (χ2v) is 9.92. The largest absolute Gasteiger partial charge is 0.475 e. The third-order valence-corrected chi connectivity index (χ3v) is 6.38. The maximum atomic E-state index is 14.2. The zero-order chi connectivity index (χ0) is 28.9. The lowest BCUT2D eigenvalue weighted by Gasteiger charge is -2.32. The molecule has 1 aliphatic rings. The van der Waals surface area contributed by atoms with Crippen LogP contribution in [-0.2, 0) is 17.5 Å². The number of carbonyl (C=O) groups excluding carboxylic acids is 1. The van der Waals surface area contributed by atoms with Crippen LogP contribution in [0.4, 0.5) is 23.7 Å². The average Bonchev–Trinajstić information content (AvgIpc) is 2.89. The van der Waals surface area contributed by atoms with Gasteiger partial charge in [-0.1, -0.05) is 48.5 Å². The second kappa shape index (κ2) is 12.4. The summed E-state index contributed by atoms with van der Waals surface area (Å²) in [5.41, 5.74) is 1.55. The smallest absolute Gasteiger partial charge is 0.416 e. The summed E-state index contributed by atoms with van der Waals surface area (Å²) in [6.07, 6.45) is -4.16. The Hall–Kier alpha value is -4.05. The maximum Gasteiger partial charge on any atom is 0.416 e. The van der Waals surface area contributed by atoms with Gasteiger partial charge in [0.05, 0.1) is 28.8 Å². The third kappa shape index (κ3) is 6.93. The van der Waals surface area contributed by atoms with Crippen molar-refractivity contribution < 1.29 is 27.4 Å². The highest BCUT2D eigenvalue weighted by molar-refractivity contribution is 5.73. The lowest BCUT2D eigenvalue weighted by molar-refractivity contribution is -0.138. The molecule has 0 radical (unpaired) electrons. The summed E-state index contributed by atoms with van der Waals surface area (Å²) >= 11 is 0. The minimum atomic E-state index is -4.63. The summed E-state index contributed by atoms with van der Waals surface area (Å²) in [4.78, 5) is 19.3. The number of hydrogen-bond acceptors (Lipinski definition) is 6. The minimum absolute atomic E-state index is 0.0425. The summed E-state index contributed by atoms with van der Waals surface area (Å²) in [5, 5.41) is 5.87. The molecule has 10 heteroatoms. The summed E-state index contributed by atoms with van der Waals surface area (Å²) in [6, 6.07) is 16.9.